The van der Waals surface area contributed by atoms with Gasteiger partial charge in [-0.2, -0.15) is 0 Å². The number of amides is 1. The van der Waals surface area contributed by atoms with Crippen LogP contribution in [0.4, 0.5) is 0 Å². The van der Waals surface area contributed by atoms with Gasteiger partial charge in [-0.15, -0.1) is 0 Å². The minimum atomic E-state index is -1.34. The Morgan fingerprint density at radius 1 is 1.00 bits per heavy atom. The average Bonchev–Trinajstić information content (AvgIpc) is 2.65. The maximum Gasteiger partial charge on any atom is 0.335 e. The Balaban J connectivity index is 2.46. The second-order valence-corrected chi connectivity index (χ2v) is 5.47. The van der Waals surface area contributed by atoms with Crippen molar-refractivity contribution >= 4 is 18.2 Å². The molecule has 0 fully saturated rings. The molecule has 0 spiro atoms. The number of nitrogens with one attached hydrogen (secondary N) is 1. The van der Waals surface area contributed by atoms with Crippen LogP contribution in [0.25, 0.3) is 0 Å². The molecule has 124 valence electrons. The van der Waals surface area contributed by atoms with Gasteiger partial charge in [0.25, 0.3) is 0 Å². The molecule has 1 N–H and O–H groups in total. The minimum Gasteiger partial charge on any atom is -0.467 e. The summed E-state index contributed by atoms with van der Waals surface area (Å²) < 4.78 is 4.54. The molecule has 0 bridgehead atoms. The zero-order valence-corrected chi connectivity index (χ0v) is 13.6. The highest BCUT2D eigenvalue weighted by atomic mass is 16.5. The van der Waals surface area contributed by atoms with Crippen LogP contribution in [0.3, 0.4) is 0 Å². The summed E-state index contributed by atoms with van der Waals surface area (Å²) in [6.45, 7) is 1.76. The van der Waals surface area contributed by atoms with Crippen LogP contribution in [-0.4, -0.2) is 31.3 Å². The standard InChI is InChI=1S/C19H19NO4/c1-19(14-9-5-3-6-10-14,15-11-7-4-8-12-15)18(23)20-16(13-21)17(22)24-2/h3-13,16H,1-2H3,(H,20,23). The zero-order chi connectivity index (χ0) is 17.6. The number of rotatable bonds is 6. The average molecular weight is 325 g/mol. The van der Waals surface area contributed by atoms with Gasteiger partial charge in [0.15, 0.2) is 12.3 Å². The van der Waals surface area contributed by atoms with Gasteiger partial charge < -0.3 is 14.8 Å². The molecule has 1 amide bonds. The minimum absolute atomic E-state index is 0.361. The summed E-state index contributed by atoms with van der Waals surface area (Å²) in [5.74, 6) is -1.26. The molecule has 5 nitrogen and oxygen atoms in total. The first-order valence-electron chi connectivity index (χ1n) is 7.49. The normalized spacial score (nSPS) is 12.1. The third-order valence-electron chi connectivity index (χ3n) is 4.03. The van der Waals surface area contributed by atoms with Crippen LogP contribution in [-0.2, 0) is 24.5 Å². The Morgan fingerprint density at radius 2 is 1.46 bits per heavy atom. The van der Waals surface area contributed by atoms with Gasteiger partial charge in [0.1, 0.15) is 0 Å². The molecule has 2 aromatic rings. The van der Waals surface area contributed by atoms with E-state index in [0.29, 0.717) is 6.29 Å². The van der Waals surface area contributed by atoms with E-state index in [2.05, 4.69) is 10.1 Å². The lowest BCUT2D eigenvalue weighted by Gasteiger charge is -2.30. The Kier molecular flexibility index (Phi) is 5.47. The number of carbonyl (C=O) groups excluding carboxylic acids is 3. The van der Waals surface area contributed by atoms with E-state index in [4.69, 9.17) is 0 Å². The van der Waals surface area contributed by atoms with E-state index in [1.165, 1.54) is 7.11 Å². The molecule has 2 rings (SSSR count). The monoisotopic (exact) mass is 325 g/mol. The largest absolute Gasteiger partial charge is 0.467 e. The van der Waals surface area contributed by atoms with Crippen LogP contribution in [0.1, 0.15) is 18.1 Å². The lowest BCUT2D eigenvalue weighted by Crippen LogP contribution is -2.51. The molecule has 5 heteroatoms. The fourth-order valence-corrected chi connectivity index (χ4v) is 2.53. The van der Waals surface area contributed by atoms with Gasteiger partial charge in [-0.3, -0.25) is 4.79 Å². The van der Waals surface area contributed by atoms with Crippen LogP contribution in [0, 0.1) is 0 Å². The highest BCUT2D eigenvalue weighted by Gasteiger charge is 2.39. The van der Waals surface area contributed by atoms with Gasteiger partial charge in [0.05, 0.1) is 12.5 Å². The van der Waals surface area contributed by atoms with Crippen molar-refractivity contribution in [3.8, 4) is 0 Å². The van der Waals surface area contributed by atoms with Gasteiger partial charge in [-0.05, 0) is 18.1 Å². The molecule has 1 atom stereocenters. The highest BCUT2D eigenvalue weighted by Crippen LogP contribution is 2.32. The van der Waals surface area contributed by atoms with Crippen LogP contribution in [0.15, 0.2) is 60.7 Å². The Morgan fingerprint density at radius 3 is 1.83 bits per heavy atom. The first-order chi connectivity index (χ1) is 11.5. The Labute approximate surface area is 140 Å². The summed E-state index contributed by atoms with van der Waals surface area (Å²) in [6.07, 6.45) is 0.361. The number of hydrogen-bond donors (Lipinski definition) is 1. The quantitative estimate of drug-likeness (QED) is 0.500. The van der Waals surface area contributed by atoms with E-state index >= 15 is 0 Å². The molecular weight excluding hydrogens is 306 g/mol. The molecular formula is C19H19NO4. The van der Waals surface area contributed by atoms with Crippen molar-refractivity contribution in [2.24, 2.45) is 0 Å². The van der Waals surface area contributed by atoms with Gasteiger partial charge >= 0.3 is 5.97 Å². The van der Waals surface area contributed by atoms with Gasteiger partial charge in [-0.25, -0.2) is 4.79 Å². The van der Waals surface area contributed by atoms with Crippen molar-refractivity contribution in [1.82, 2.24) is 5.32 Å². The predicted octanol–water partition coefficient (Wildman–Crippen LogP) is 1.85. The molecule has 0 aliphatic heterocycles. The predicted molar refractivity (Wildman–Crippen MR) is 89.3 cm³/mol. The number of carbonyl (C=O) groups is 3. The lowest BCUT2D eigenvalue weighted by atomic mass is 9.75. The maximum atomic E-state index is 13.0. The van der Waals surface area contributed by atoms with Gasteiger partial charge in [0, 0.05) is 0 Å². The van der Waals surface area contributed by atoms with Crippen molar-refractivity contribution in [2.45, 2.75) is 18.4 Å². The van der Waals surface area contributed by atoms with E-state index in [0.717, 1.165) is 11.1 Å². The molecule has 0 heterocycles. The summed E-state index contributed by atoms with van der Waals surface area (Å²) in [4.78, 5) is 35.7. The van der Waals surface area contributed by atoms with Crippen molar-refractivity contribution in [2.75, 3.05) is 7.11 Å². The smallest absolute Gasteiger partial charge is 0.335 e. The summed E-state index contributed by atoms with van der Waals surface area (Å²) >= 11 is 0. The molecule has 0 aliphatic rings. The van der Waals surface area contributed by atoms with E-state index in [1.54, 1.807) is 6.92 Å². The summed E-state index contributed by atoms with van der Waals surface area (Å²) in [5.41, 5.74) is 0.448. The van der Waals surface area contributed by atoms with E-state index in [1.807, 2.05) is 60.7 Å². The molecule has 0 aromatic heterocycles. The van der Waals surface area contributed by atoms with Crippen molar-refractivity contribution in [3.05, 3.63) is 71.8 Å². The molecule has 1 unspecified atom stereocenters. The molecule has 0 aliphatic carbocycles. The fraction of sp³-hybridized carbons (Fsp3) is 0.211. The van der Waals surface area contributed by atoms with Crippen LogP contribution >= 0.6 is 0 Å². The number of benzene rings is 2. The number of ether oxygens (including phenoxy) is 1. The van der Waals surface area contributed by atoms with Crippen molar-refractivity contribution in [1.29, 1.82) is 0 Å². The molecule has 24 heavy (non-hydrogen) atoms. The zero-order valence-electron chi connectivity index (χ0n) is 13.6. The number of aldehydes is 1. The van der Waals surface area contributed by atoms with E-state index < -0.39 is 23.3 Å². The van der Waals surface area contributed by atoms with Crippen molar-refractivity contribution < 1.29 is 19.1 Å². The number of esters is 1. The Hall–Kier alpha value is -2.95. The SMILES string of the molecule is COC(=O)C(C=O)NC(=O)C(C)(c1ccccc1)c1ccccc1. The molecule has 0 saturated heterocycles. The summed E-state index contributed by atoms with van der Waals surface area (Å²) in [5, 5.41) is 2.47. The maximum absolute atomic E-state index is 13.0. The second kappa shape index (κ2) is 7.55. The molecule has 2 aromatic carbocycles. The Bertz CT molecular complexity index is 673. The lowest BCUT2D eigenvalue weighted by molar-refractivity contribution is -0.146. The topological polar surface area (TPSA) is 72.5 Å². The molecule has 0 saturated carbocycles. The van der Waals surface area contributed by atoms with Gasteiger partial charge in [-0.1, -0.05) is 60.7 Å². The van der Waals surface area contributed by atoms with Crippen molar-refractivity contribution in [3.63, 3.8) is 0 Å². The van der Waals surface area contributed by atoms with E-state index in [9.17, 15) is 14.4 Å². The number of hydrogen-bond acceptors (Lipinski definition) is 4. The van der Waals surface area contributed by atoms with Crippen LogP contribution in [0.2, 0.25) is 0 Å². The fourth-order valence-electron chi connectivity index (χ4n) is 2.53. The molecule has 0 radical (unpaired) electrons. The third-order valence-corrected chi connectivity index (χ3v) is 4.03. The number of methoxy groups -OCH3 is 1. The highest BCUT2D eigenvalue weighted by molar-refractivity contribution is 6.00. The third kappa shape index (κ3) is 3.35. The van der Waals surface area contributed by atoms with E-state index in [-0.39, 0.29) is 0 Å². The first-order valence-corrected chi connectivity index (χ1v) is 7.49. The summed E-state index contributed by atoms with van der Waals surface area (Å²) in [7, 11) is 1.17. The first kappa shape index (κ1) is 17.4. The van der Waals surface area contributed by atoms with Crippen LogP contribution in [0.5, 0.6) is 0 Å². The summed E-state index contributed by atoms with van der Waals surface area (Å²) in [6, 6.07) is 17.0. The second-order valence-electron chi connectivity index (χ2n) is 5.47. The van der Waals surface area contributed by atoms with Crippen LogP contribution < -0.4 is 5.32 Å². The van der Waals surface area contributed by atoms with Gasteiger partial charge in [0.2, 0.25) is 5.91 Å².